The summed E-state index contributed by atoms with van der Waals surface area (Å²) in [5, 5.41) is 1.45. The Bertz CT molecular complexity index is 864. The van der Waals surface area contributed by atoms with Crippen LogP contribution in [0.2, 0.25) is 20.1 Å². The standard InChI is InChI=1S/C18H12Cl4N2O2/c19-9-1-12(23)7-14(3-9)25-16-5-11(21)6-17(18(16)22)26-15-4-10(20)2-13(24)8-15/h1-8H,23-24H2. The third kappa shape index (κ3) is 4.59. The van der Waals surface area contributed by atoms with Gasteiger partial charge in [-0.3, -0.25) is 0 Å². The van der Waals surface area contributed by atoms with Gasteiger partial charge in [-0.1, -0.05) is 46.4 Å². The number of nitrogen functional groups attached to an aromatic ring is 2. The normalized spacial score (nSPS) is 10.6. The quantitative estimate of drug-likeness (QED) is 0.436. The van der Waals surface area contributed by atoms with Gasteiger partial charge in [0.15, 0.2) is 11.5 Å². The van der Waals surface area contributed by atoms with Gasteiger partial charge in [-0.25, -0.2) is 0 Å². The fourth-order valence-corrected chi connectivity index (χ4v) is 3.08. The lowest BCUT2D eigenvalue weighted by atomic mass is 10.2. The molecule has 0 saturated carbocycles. The van der Waals surface area contributed by atoms with Crippen molar-refractivity contribution >= 4 is 57.8 Å². The number of anilines is 2. The lowest BCUT2D eigenvalue weighted by Crippen LogP contribution is -1.93. The molecule has 26 heavy (non-hydrogen) atoms. The summed E-state index contributed by atoms with van der Waals surface area (Å²) in [6.07, 6.45) is 0. The SMILES string of the molecule is Nc1cc(Cl)cc(Oc2cc(Cl)cc(Oc3cc(N)cc(Cl)c3)c2Cl)c1. The molecule has 3 rings (SSSR count). The molecule has 0 bridgehead atoms. The highest BCUT2D eigenvalue weighted by Crippen LogP contribution is 2.42. The third-order valence-corrected chi connectivity index (χ3v) is 4.24. The summed E-state index contributed by atoms with van der Waals surface area (Å²) < 4.78 is 11.5. The summed E-state index contributed by atoms with van der Waals surface area (Å²) in [6.45, 7) is 0. The second-order valence-corrected chi connectivity index (χ2v) is 7.05. The van der Waals surface area contributed by atoms with Crippen LogP contribution < -0.4 is 20.9 Å². The maximum Gasteiger partial charge on any atom is 0.151 e. The van der Waals surface area contributed by atoms with Crippen LogP contribution in [-0.4, -0.2) is 0 Å². The predicted octanol–water partition coefficient (Wildman–Crippen LogP) is 7.05. The van der Waals surface area contributed by atoms with Crippen LogP contribution in [0.15, 0.2) is 48.5 Å². The van der Waals surface area contributed by atoms with E-state index in [1.54, 1.807) is 48.5 Å². The maximum absolute atomic E-state index is 6.40. The third-order valence-electron chi connectivity index (χ3n) is 3.21. The van der Waals surface area contributed by atoms with E-state index in [1.807, 2.05) is 0 Å². The van der Waals surface area contributed by atoms with E-state index in [2.05, 4.69) is 0 Å². The molecule has 134 valence electrons. The molecule has 0 aliphatic rings. The van der Waals surface area contributed by atoms with Crippen molar-refractivity contribution in [2.45, 2.75) is 0 Å². The zero-order valence-corrected chi connectivity index (χ0v) is 16.1. The van der Waals surface area contributed by atoms with Gasteiger partial charge in [-0.15, -0.1) is 0 Å². The van der Waals surface area contributed by atoms with Gasteiger partial charge in [-0.2, -0.15) is 0 Å². The second-order valence-electron chi connectivity index (χ2n) is 5.36. The number of hydrogen-bond acceptors (Lipinski definition) is 4. The zero-order valence-electron chi connectivity index (χ0n) is 13.1. The van der Waals surface area contributed by atoms with Crippen LogP contribution in [-0.2, 0) is 0 Å². The van der Waals surface area contributed by atoms with Gasteiger partial charge in [0, 0.05) is 50.7 Å². The lowest BCUT2D eigenvalue weighted by molar-refractivity contribution is 0.461. The zero-order chi connectivity index (χ0) is 18.8. The highest BCUT2D eigenvalue weighted by molar-refractivity contribution is 6.35. The number of ether oxygens (including phenoxy) is 2. The molecule has 8 heteroatoms. The molecule has 4 N–H and O–H groups in total. The first-order valence-corrected chi connectivity index (χ1v) is 8.78. The van der Waals surface area contributed by atoms with Crippen molar-refractivity contribution in [3.05, 3.63) is 68.6 Å². The Labute approximate surface area is 170 Å². The number of benzene rings is 3. The van der Waals surface area contributed by atoms with Gasteiger partial charge in [0.1, 0.15) is 16.5 Å². The van der Waals surface area contributed by atoms with Crippen molar-refractivity contribution in [2.75, 3.05) is 11.5 Å². The molecule has 3 aromatic carbocycles. The monoisotopic (exact) mass is 428 g/mol. The van der Waals surface area contributed by atoms with Crippen molar-refractivity contribution in [3.8, 4) is 23.0 Å². The summed E-state index contributed by atoms with van der Waals surface area (Å²) in [7, 11) is 0. The van der Waals surface area contributed by atoms with Crippen molar-refractivity contribution < 1.29 is 9.47 Å². The Morgan fingerprint density at radius 1 is 0.538 bits per heavy atom. The van der Waals surface area contributed by atoms with Crippen LogP contribution in [0.4, 0.5) is 11.4 Å². The largest absolute Gasteiger partial charge is 0.455 e. The number of nitrogens with two attached hydrogens (primary N) is 2. The predicted molar refractivity (Wildman–Crippen MR) is 108 cm³/mol. The Morgan fingerprint density at radius 3 is 1.31 bits per heavy atom. The van der Waals surface area contributed by atoms with Gasteiger partial charge >= 0.3 is 0 Å². The van der Waals surface area contributed by atoms with Gasteiger partial charge in [0.25, 0.3) is 0 Å². The molecule has 0 saturated heterocycles. The Kier molecular flexibility index (Phi) is 5.58. The minimum Gasteiger partial charge on any atom is -0.455 e. The van der Waals surface area contributed by atoms with Crippen molar-refractivity contribution in [2.24, 2.45) is 0 Å². The minimum absolute atomic E-state index is 0.214. The van der Waals surface area contributed by atoms with Crippen LogP contribution in [0.1, 0.15) is 0 Å². The average Bonchev–Trinajstić information content (AvgIpc) is 2.49. The molecule has 0 radical (unpaired) electrons. The molecule has 0 aliphatic heterocycles. The van der Waals surface area contributed by atoms with Gasteiger partial charge in [0.05, 0.1) is 0 Å². The summed E-state index contributed by atoms with van der Waals surface area (Å²) in [5.74, 6) is 1.39. The number of rotatable bonds is 4. The van der Waals surface area contributed by atoms with Gasteiger partial charge in [0.2, 0.25) is 0 Å². The smallest absolute Gasteiger partial charge is 0.151 e. The summed E-state index contributed by atoms with van der Waals surface area (Å²) in [5.41, 5.74) is 12.4. The van der Waals surface area contributed by atoms with Crippen LogP contribution >= 0.6 is 46.4 Å². The fourth-order valence-electron chi connectivity index (χ4n) is 2.23. The van der Waals surface area contributed by atoms with Crippen molar-refractivity contribution in [3.63, 3.8) is 0 Å². The van der Waals surface area contributed by atoms with Crippen LogP contribution in [0.25, 0.3) is 0 Å². The maximum atomic E-state index is 6.40. The molecule has 0 amide bonds. The molecule has 0 aliphatic carbocycles. The molecule has 0 atom stereocenters. The summed E-state index contributed by atoms with van der Waals surface area (Å²) in [6, 6.07) is 12.8. The number of hydrogen-bond donors (Lipinski definition) is 2. The van der Waals surface area contributed by atoms with Gasteiger partial charge < -0.3 is 20.9 Å². The fraction of sp³-hybridized carbons (Fsp3) is 0. The Morgan fingerprint density at radius 2 is 0.923 bits per heavy atom. The molecule has 0 unspecified atom stereocenters. The molecular formula is C18H12Cl4N2O2. The van der Waals surface area contributed by atoms with E-state index in [-0.39, 0.29) is 16.5 Å². The van der Waals surface area contributed by atoms with Crippen molar-refractivity contribution in [1.82, 2.24) is 0 Å². The highest BCUT2D eigenvalue weighted by atomic mass is 35.5. The van der Waals surface area contributed by atoms with E-state index in [1.165, 1.54) is 0 Å². The first-order valence-electron chi connectivity index (χ1n) is 7.27. The Hall–Kier alpha value is -1.98. The van der Waals surface area contributed by atoms with E-state index in [4.69, 9.17) is 67.3 Å². The molecular weight excluding hydrogens is 418 g/mol. The minimum atomic E-state index is 0.214. The van der Waals surface area contributed by atoms with Crippen LogP contribution in [0.5, 0.6) is 23.0 Å². The van der Waals surface area contributed by atoms with Gasteiger partial charge in [-0.05, 0) is 24.3 Å². The van der Waals surface area contributed by atoms with E-state index < -0.39 is 0 Å². The van der Waals surface area contributed by atoms with Crippen molar-refractivity contribution in [1.29, 1.82) is 0 Å². The lowest BCUT2D eigenvalue weighted by Gasteiger charge is -2.14. The molecule has 3 aromatic rings. The van der Waals surface area contributed by atoms with E-state index in [0.29, 0.717) is 37.9 Å². The first-order chi connectivity index (χ1) is 12.3. The van der Waals surface area contributed by atoms with E-state index in [0.717, 1.165) is 0 Å². The van der Waals surface area contributed by atoms with E-state index in [9.17, 15) is 0 Å². The van der Waals surface area contributed by atoms with Crippen LogP contribution in [0, 0.1) is 0 Å². The molecule has 0 aromatic heterocycles. The Balaban J connectivity index is 1.95. The number of halogens is 4. The second kappa shape index (κ2) is 7.72. The molecule has 0 spiro atoms. The molecule has 0 heterocycles. The molecule has 0 fully saturated rings. The summed E-state index contributed by atoms with van der Waals surface area (Å²) >= 11 is 24.5. The summed E-state index contributed by atoms with van der Waals surface area (Å²) in [4.78, 5) is 0. The average molecular weight is 430 g/mol. The highest BCUT2D eigenvalue weighted by Gasteiger charge is 2.14. The topological polar surface area (TPSA) is 70.5 Å². The first kappa shape index (κ1) is 18.8. The molecule has 4 nitrogen and oxygen atoms in total. The van der Waals surface area contributed by atoms with Crippen LogP contribution in [0.3, 0.4) is 0 Å². The van der Waals surface area contributed by atoms with E-state index >= 15 is 0 Å².